The minimum Gasteiger partial charge on any atom is -0.377 e. The highest BCUT2D eigenvalue weighted by atomic mass is 16.5. The van der Waals surface area contributed by atoms with Crippen molar-refractivity contribution in [1.29, 1.82) is 0 Å². The van der Waals surface area contributed by atoms with Gasteiger partial charge in [-0.2, -0.15) is 0 Å². The summed E-state index contributed by atoms with van der Waals surface area (Å²) in [7, 11) is 2.13. The second kappa shape index (κ2) is 9.01. The fraction of sp³-hybridized carbons (Fsp3) is 0.522. The van der Waals surface area contributed by atoms with Gasteiger partial charge < -0.3 is 14.5 Å². The lowest BCUT2D eigenvalue weighted by Gasteiger charge is -2.33. The van der Waals surface area contributed by atoms with E-state index >= 15 is 0 Å². The highest BCUT2D eigenvalue weighted by molar-refractivity contribution is 5.94. The van der Waals surface area contributed by atoms with Gasteiger partial charge in [0.1, 0.15) is 5.82 Å². The summed E-state index contributed by atoms with van der Waals surface area (Å²) < 4.78 is 5.43. The molecule has 1 amide bonds. The Morgan fingerprint density at radius 3 is 2.86 bits per heavy atom. The molecule has 0 saturated carbocycles. The maximum absolute atomic E-state index is 13.0. The van der Waals surface area contributed by atoms with E-state index in [2.05, 4.69) is 16.9 Å². The van der Waals surface area contributed by atoms with Crippen LogP contribution in [-0.2, 0) is 24.3 Å². The average molecular weight is 395 g/mol. The lowest BCUT2D eigenvalue weighted by Crippen LogP contribution is -2.39. The Kier molecular flexibility index (Phi) is 6.21. The summed E-state index contributed by atoms with van der Waals surface area (Å²) in [5, 5.41) is 0. The van der Waals surface area contributed by atoms with E-state index in [1.807, 2.05) is 42.3 Å². The maximum Gasteiger partial charge on any atom is 0.253 e. The highest BCUT2D eigenvalue weighted by Gasteiger charge is 2.28. The van der Waals surface area contributed by atoms with Crippen LogP contribution in [0.15, 0.2) is 30.5 Å². The molecule has 4 rings (SSSR count). The fourth-order valence-electron chi connectivity index (χ4n) is 4.19. The van der Waals surface area contributed by atoms with Crippen LogP contribution in [0, 0.1) is 0 Å². The number of hydrogen-bond acceptors (Lipinski definition) is 5. The smallest absolute Gasteiger partial charge is 0.253 e. The first kappa shape index (κ1) is 20.0. The number of rotatable bonds is 5. The fourth-order valence-corrected chi connectivity index (χ4v) is 4.19. The van der Waals surface area contributed by atoms with Gasteiger partial charge in [0.25, 0.3) is 5.91 Å². The molecule has 154 valence electrons. The molecule has 1 fully saturated rings. The summed E-state index contributed by atoms with van der Waals surface area (Å²) in [6, 6.07) is 7.78. The SMILES string of the molecule is CCOCc1ccc(C(=O)N2CCC[C@@H](c3ncc4c(n3)CCN(C)C4)C2)cc1. The number of fused-ring (bicyclic) bond motifs is 1. The van der Waals surface area contributed by atoms with E-state index in [1.54, 1.807) is 0 Å². The van der Waals surface area contributed by atoms with Gasteiger partial charge in [-0.3, -0.25) is 4.79 Å². The number of aromatic nitrogens is 2. The molecular weight excluding hydrogens is 364 g/mol. The molecule has 0 radical (unpaired) electrons. The third kappa shape index (κ3) is 4.65. The van der Waals surface area contributed by atoms with Crippen molar-refractivity contribution in [2.45, 2.75) is 45.3 Å². The third-order valence-corrected chi connectivity index (χ3v) is 5.89. The van der Waals surface area contributed by atoms with E-state index in [-0.39, 0.29) is 11.8 Å². The molecule has 1 aromatic carbocycles. The Hall–Kier alpha value is -2.31. The lowest BCUT2D eigenvalue weighted by atomic mass is 9.95. The molecule has 6 nitrogen and oxygen atoms in total. The van der Waals surface area contributed by atoms with Crippen molar-refractivity contribution in [3.05, 3.63) is 58.7 Å². The lowest BCUT2D eigenvalue weighted by molar-refractivity contribution is 0.0704. The van der Waals surface area contributed by atoms with Crippen molar-refractivity contribution in [2.75, 3.05) is 33.3 Å². The molecule has 2 aliphatic rings. The normalized spacial score (nSPS) is 19.8. The molecule has 1 atom stereocenters. The van der Waals surface area contributed by atoms with Gasteiger partial charge in [-0.05, 0) is 44.5 Å². The van der Waals surface area contributed by atoms with Crippen molar-refractivity contribution < 1.29 is 9.53 Å². The number of hydrogen-bond donors (Lipinski definition) is 0. The number of piperidine rings is 1. The topological polar surface area (TPSA) is 58.6 Å². The quantitative estimate of drug-likeness (QED) is 0.780. The number of carbonyl (C=O) groups excluding carboxylic acids is 1. The number of likely N-dealkylation sites (tertiary alicyclic amines) is 1. The minimum atomic E-state index is 0.0947. The zero-order chi connectivity index (χ0) is 20.2. The molecule has 2 aromatic rings. The van der Waals surface area contributed by atoms with Crippen molar-refractivity contribution in [3.63, 3.8) is 0 Å². The van der Waals surface area contributed by atoms with Crippen LogP contribution < -0.4 is 0 Å². The largest absolute Gasteiger partial charge is 0.377 e. The van der Waals surface area contributed by atoms with Gasteiger partial charge >= 0.3 is 0 Å². The summed E-state index contributed by atoms with van der Waals surface area (Å²) in [4.78, 5) is 26.8. The molecule has 2 aliphatic heterocycles. The van der Waals surface area contributed by atoms with Crippen LogP contribution in [0.5, 0.6) is 0 Å². The van der Waals surface area contributed by atoms with E-state index in [4.69, 9.17) is 9.72 Å². The number of benzene rings is 1. The predicted molar refractivity (Wildman–Crippen MR) is 112 cm³/mol. The molecule has 0 spiro atoms. The van der Waals surface area contributed by atoms with Gasteiger partial charge in [-0.15, -0.1) is 0 Å². The van der Waals surface area contributed by atoms with Gasteiger partial charge in [0.05, 0.1) is 6.61 Å². The van der Waals surface area contributed by atoms with Crippen LogP contribution in [0.3, 0.4) is 0 Å². The molecule has 1 aromatic heterocycles. The number of ether oxygens (including phenoxy) is 1. The summed E-state index contributed by atoms with van der Waals surface area (Å²) in [5.41, 5.74) is 4.24. The van der Waals surface area contributed by atoms with Crippen LogP contribution in [-0.4, -0.2) is 59.0 Å². The summed E-state index contributed by atoms with van der Waals surface area (Å²) in [5.74, 6) is 1.21. The third-order valence-electron chi connectivity index (χ3n) is 5.89. The first-order valence-corrected chi connectivity index (χ1v) is 10.6. The zero-order valence-electron chi connectivity index (χ0n) is 17.4. The van der Waals surface area contributed by atoms with E-state index in [1.165, 1.54) is 11.3 Å². The molecule has 0 bridgehead atoms. The van der Waals surface area contributed by atoms with E-state index in [9.17, 15) is 4.79 Å². The molecule has 29 heavy (non-hydrogen) atoms. The average Bonchev–Trinajstić information content (AvgIpc) is 2.77. The number of likely N-dealkylation sites (N-methyl/N-ethyl adjacent to an activating group) is 1. The number of nitrogens with zero attached hydrogens (tertiary/aromatic N) is 4. The van der Waals surface area contributed by atoms with Crippen LogP contribution in [0.4, 0.5) is 0 Å². The van der Waals surface area contributed by atoms with Crippen molar-refractivity contribution >= 4 is 5.91 Å². The van der Waals surface area contributed by atoms with Crippen molar-refractivity contribution in [1.82, 2.24) is 19.8 Å². The number of carbonyl (C=O) groups is 1. The summed E-state index contributed by atoms with van der Waals surface area (Å²) in [6.07, 6.45) is 4.99. The van der Waals surface area contributed by atoms with Crippen LogP contribution in [0.2, 0.25) is 0 Å². The molecule has 3 heterocycles. The van der Waals surface area contributed by atoms with Crippen molar-refractivity contribution in [2.24, 2.45) is 0 Å². The van der Waals surface area contributed by atoms with Gasteiger partial charge in [0, 0.05) is 68.1 Å². The molecule has 0 unspecified atom stereocenters. The molecule has 1 saturated heterocycles. The summed E-state index contributed by atoms with van der Waals surface area (Å²) in [6.45, 7) is 6.71. The Bertz CT molecular complexity index is 852. The van der Waals surface area contributed by atoms with Crippen LogP contribution >= 0.6 is 0 Å². The maximum atomic E-state index is 13.0. The Morgan fingerprint density at radius 2 is 2.07 bits per heavy atom. The molecular formula is C23H30N4O2. The van der Waals surface area contributed by atoms with Gasteiger partial charge in [-0.25, -0.2) is 9.97 Å². The van der Waals surface area contributed by atoms with Gasteiger partial charge in [0.15, 0.2) is 0 Å². The van der Waals surface area contributed by atoms with E-state index in [0.717, 1.165) is 55.8 Å². The molecule has 6 heteroatoms. The molecule has 0 aliphatic carbocycles. The van der Waals surface area contributed by atoms with Crippen LogP contribution in [0.25, 0.3) is 0 Å². The Morgan fingerprint density at radius 1 is 1.24 bits per heavy atom. The number of amides is 1. The summed E-state index contributed by atoms with van der Waals surface area (Å²) >= 11 is 0. The monoisotopic (exact) mass is 394 g/mol. The highest BCUT2D eigenvalue weighted by Crippen LogP contribution is 2.27. The van der Waals surface area contributed by atoms with E-state index < -0.39 is 0 Å². The van der Waals surface area contributed by atoms with Crippen molar-refractivity contribution in [3.8, 4) is 0 Å². The second-order valence-electron chi connectivity index (χ2n) is 8.11. The van der Waals surface area contributed by atoms with Crippen LogP contribution in [0.1, 0.15) is 58.7 Å². The Balaban J connectivity index is 1.43. The van der Waals surface area contributed by atoms with Gasteiger partial charge in [-0.1, -0.05) is 12.1 Å². The van der Waals surface area contributed by atoms with E-state index in [0.29, 0.717) is 19.8 Å². The standard InChI is InChI=1S/C23H30N4O2/c1-3-29-16-17-6-8-18(9-7-17)23(28)27-11-4-5-19(15-27)22-24-13-20-14-26(2)12-10-21(20)25-22/h6-9,13,19H,3-5,10-12,14-16H2,1-2H3/t19-/m1/s1. The Labute approximate surface area is 172 Å². The zero-order valence-corrected chi connectivity index (χ0v) is 17.4. The first-order chi connectivity index (χ1) is 14.1. The molecule has 0 N–H and O–H groups in total. The first-order valence-electron chi connectivity index (χ1n) is 10.6. The minimum absolute atomic E-state index is 0.0947. The second-order valence-corrected chi connectivity index (χ2v) is 8.11. The van der Waals surface area contributed by atoms with Gasteiger partial charge in [0.2, 0.25) is 0 Å². The predicted octanol–water partition coefficient (Wildman–Crippen LogP) is 3.02.